The zero-order valence-corrected chi connectivity index (χ0v) is 14.8. The van der Waals surface area contributed by atoms with Crippen LogP contribution >= 0.6 is 0 Å². The predicted octanol–water partition coefficient (Wildman–Crippen LogP) is 5.26. The third-order valence-corrected chi connectivity index (χ3v) is 5.45. The Labute approximate surface area is 150 Å². The number of anilines is 2. The second kappa shape index (κ2) is 7.30. The highest BCUT2D eigenvalue weighted by Gasteiger charge is 2.40. The lowest BCUT2D eigenvalue weighted by Gasteiger charge is -2.44. The number of benzene rings is 2. The summed E-state index contributed by atoms with van der Waals surface area (Å²) in [5, 5.41) is 7.47. The second-order valence-corrected chi connectivity index (χ2v) is 7.26. The van der Waals surface area contributed by atoms with Crippen LogP contribution in [0.1, 0.15) is 44.1 Å². The molecule has 0 atom stereocenters. The number of amidine groups is 1. The normalized spacial score (nSPS) is 19.9. The number of fused-ring (bicyclic) bond motifs is 1. The van der Waals surface area contributed by atoms with Gasteiger partial charge in [-0.3, -0.25) is 4.99 Å². The molecule has 1 aliphatic carbocycles. The molecule has 2 aliphatic rings. The van der Waals surface area contributed by atoms with E-state index in [4.69, 9.17) is 4.99 Å². The molecular formula is C22H27N3. The Bertz CT molecular complexity index is 730. The van der Waals surface area contributed by atoms with Gasteiger partial charge in [-0.1, -0.05) is 61.7 Å². The van der Waals surface area contributed by atoms with Crippen molar-refractivity contribution in [3.63, 3.8) is 0 Å². The van der Waals surface area contributed by atoms with Crippen LogP contribution in [0.15, 0.2) is 59.6 Å². The van der Waals surface area contributed by atoms with Gasteiger partial charge >= 0.3 is 0 Å². The summed E-state index contributed by atoms with van der Waals surface area (Å²) < 4.78 is 0. The maximum Gasteiger partial charge on any atom is 0.127 e. The first-order valence-electron chi connectivity index (χ1n) is 9.59. The maximum absolute atomic E-state index is 5.02. The van der Waals surface area contributed by atoms with Crippen molar-refractivity contribution in [2.24, 2.45) is 4.99 Å². The van der Waals surface area contributed by atoms with Crippen LogP contribution in [0.25, 0.3) is 0 Å². The first kappa shape index (κ1) is 16.2. The summed E-state index contributed by atoms with van der Waals surface area (Å²) in [6.07, 6.45) is 8.42. The molecule has 3 nitrogen and oxygen atoms in total. The summed E-state index contributed by atoms with van der Waals surface area (Å²) in [5.74, 6) is 1.15. The molecule has 1 heterocycles. The van der Waals surface area contributed by atoms with Crippen molar-refractivity contribution < 1.29 is 0 Å². The van der Waals surface area contributed by atoms with Gasteiger partial charge < -0.3 is 10.6 Å². The number of hydrogen-bond donors (Lipinski definition) is 2. The molecule has 25 heavy (non-hydrogen) atoms. The van der Waals surface area contributed by atoms with E-state index < -0.39 is 0 Å². The van der Waals surface area contributed by atoms with Crippen molar-refractivity contribution in [1.29, 1.82) is 0 Å². The van der Waals surface area contributed by atoms with Crippen molar-refractivity contribution in [2.75, 3.05) is 17.2 Å². The molecular weight excluding hydrogens is 306 g/mol. The van der Waals surface area contributed by atoms with Crippen molar-refractivity contribution in [3.8, 4) is 0 Å². The lowest BCUT2D eigenvalue weighted by molar-refractivity contribution is 0.403. The van der Waals surface area contributed by atoms with Gasteiger partial charge in [0.2, 0.25) is 0 Å². The summed E-state index contributed by atoms with van der Waals surface area (Å²) in [4.78, 5) is 5.02. The van der Waals surface area contributed by atoms with E-state index in [2.05, 4.69) is 65.2 Å². The number of aliphatic imine (C=N–C) groups is 1. The number of nitrogens with zero attached hydrogens (tertiary/aromatic N) is 1. The van der Waals surface area contributed by atoms with Crippen LogP contribution in [0.2, 0.25) is 0 Å². The minimum atomic E-state index is 0.0132. The number of nitrogens with one attached hydrogen (secondary N) is 2. The topological polar surface area (TPSA) is 36.4 Å². The summed E-state index contributed by atoms with van der Waals surface area (Å²) in [6.45, 7) is 0.878. The predicted molar refractivity (Wildman–Crippen MR) is 107 cm³/mol. The van der Waals surface area contributed by atoms with Crippen molar-refractivity contribution >= 4 is 17.2 Å². The van der Waals surface area contributed by atoms with Crippen LogP contribution in [0.4, 0.5) is 11.4 Å². The molecule has 0 bridgehead atoms. The SMILES string of the molecule is c1ccc(CCCN=C2Nc3ccccc3NC23CCCCC3)cc1. The summed E-state index contributed by atoms with van der Waals surface area (Å²) >= 11 is 0. The van der Waals surface area contributed by atoms with E-state index in [1.165, 1.54) is 43.4 Å². The molecule has 3 heteroatoms. The number of aryl methyl sites for hydroxylation is 1. The Balaban J connectivity index is 1.49. The van der Waals surface area contributed by atoms with E-state index in [1.54, 1.807) is 0 Å². The van der Waals surface area contributed by atoms with Crippen LogP contribution in [0.3, 0.4) is 0 Å². The molecule has 4 rings (SSSR count). The fraction of sp³-hybridized carbons (Fsp3) is 0.409. The molecule has 2 aromatic rings. The average Bonchev–Trinajstić information content (AvgIpc) is 2.67. The van der Waals surface area contributed by atoms with Gasteiger partial charge in [0.15, 0.2) is 0 Å². The first-order valence-corrected chi connectivity index (χ1v) is 9.59. The van der Waals surface area contributed by atoms with E-state index in [0.29, 0.717) is 0 Å². The molecule has 0 amide bonds. The van der Waals surface area contributed by atoms with Gasteiger partial charge in [0, 0.05) is 6.54 Å². The standard InChI is InChI=1S/C22H27N3/c1-3-10-18(11-4-1)12-9-17-23-21-22(15-7-2-8-16-22)25-20-14-6-5-13-19(20)24-21/h1,3-6,10-11,13-14,25H,2,7-9,12,15-17H2,(H,23,24). The van der Waals surface area contributed by atoms with E-state index in [0.717, 1.165) is 30.9 Å². The molecule has 0 saturated heterocycles. The molecule has 1 fully saturated rings. The highest BCUT2D eigenvalue weighted by Crippen LogP contribution is 2.39. The summed E-state index contributed by atoms with van der Waals surface area (Å²) in [6, 6.07) is 19.2. The molecule has 2 N–H and O–H groups in total. The Morgan fingerprint density at radius 3 is 2.36 bits per heavy atom. The summed E-state index contributed by atoms with van der Waals surface area (Å²) in [7, 11) is 0. The molecule has 0 radical (unpaired) electrons. The molecule has 0 aromatic heterocycles. The van der Waals surface area contributed by atoms with Crippen LogP contribution < -0.4 is 10.6 Å². The van der Waals surface area contributed by atoms with Crippen LogP contribution in [0.5, 0.6) is 0 Å². The average molecular weight is 333 g/mol. The fourth-order valence-corrected chi connectivity index (χ4v) is 4.09. The van der Waals surface area contributed by atoms with Gasteiger partial charge in [-0.15, -0.1) is 0 Å². The van der Waals surface area contributed by atoms with E-state index in [-0.39, 0.29) is 5.54 Å². The van der Waals surface area contributed by atoms with Gasteiger partial charge in [0.1, 0.15) is 5.84 Å². The lowest BCUT2D eigenvalue weighted by atomic mass is 9.79. The Kier molecular flexibility index (Phi) is 4.73. The minimum absolute atomic E-state index is 0.0132. The van der Waals surface area contributed by atoms with Gasteiger partial charge in [-0.2, -0.15) is 0 Å². The molecule has 130 valence electrons. The third kappa shape index (κ3) is 3.55. The van der Waals surface area contributed by atoms with Crippen LogP contribution in [-0.4, -0.2) is 17.9 Å². The number of para-hydroxylation sites is 2. The number of rotatable bonds is 4. The third-order valence-electron chi connectivity index (χ3n) is 5.45. The van der Waals surface area contributed by atoms with Crippen LogP contribution in [0, 0.1) is 0 Å². The Hall–Kier alpha value is -2.29. The zero-order chi connectivity index (χ0) is 17.0. The Morgan fingerprint density at radius 1 is 0.840 bits per heavy atom. The highest BCUT2D eigenvalue weighted by atomic mass is 15.2. The van der Waals surface area contributed by atoms with E-state index in [9.17, 15) is 0 Å². The zero-order valence-electron chi connectivity index (χ0n) is 14.8. The van der Waals surface area contributed by atoms with E-state index >= 15 is 0 Å². The highest BCUT2D eigenvalue weighted by molar-refractivity contribution is 6.09. The molecule has 0 unspecified atom stereocenters. The monoisotopic (exact) mass is 333 g/mol. The number of hydrogen-bond acceptors (Lipinski definition) is 2. The van der Waals surface area contributed by atoms with Gasteiger partial charge in [-0.05, 0) is 43.4 Å². The molecule has 2 aromatic carbocycles. The lowest BCUT2D eigenvalue weighted by Crippen LogP contribution is -2.53. The smallest absolute Gasteiger partial charge is 0.127 e. The first-order chi connectivity index (χ1) is 12.4. The fourth-order valence-electron chi connectivity index (χ4n) is 4.09. The van der Waals surface area contributed by atoms with Crippen molar-refractivity contribution in [3.05, 3.63) is 60.2 Å². The maximum atomic E-state index is 5.02. The Morgan fingerprint density at radius 2 is 1.56 bits per heavy atom. The van der Waals surface area contributed by atoms with Crippen LogP contribution in [-0.2, 0) is 6.42 Å². The molecule has 1 saturated carbocycles. The molecule has 1 spiro atoms. The van der Waals surface area contributed by atoms with E-state index in [1.807, 2.05) is 0 Å². The summed E-state index contributed by atoms with van der Waals surface area (Å²) in [5.41, 5.74) is 3.78. The van der Waals surface area contributed by atoms with Gasteiger partial charge in [-0.25, -0.2) is 0 Å². The van der Waals surface area contributed by atoms with Gasteiger partial charge in [0.05, 0.1) is 16.9 Å². The van der Waals surface area contributed by atoms with Crippen molar-refractivity contribution in [1.82, 2.24) is 0 Å². The minimum Gasteiger partial charge on any atom is -0.371 e. The quantitative estimate of drug-likeness (QED) is 0.749. The van der Waals surface area contributed by atoms with Crippen molar-refractivity contribution in [2.45, 2.75) is 50.5 Å². The largest absolute Gasteiger partial charge is 0.371 e. The molecule has 1 aliphatic heterocycles. The van der Waals surface area contributed by atoms with Gasteiger partial charge in [0.25, 0.3) is 0 Å². The second-order valence-electron chi connectivity index (χ2n) is 7.26.